The molecule has 2 fully saturated rings. The molecule has 1 aliphatic heterocycles. The van der Waals surface area contributed by atoms with E-state index in [2.05, 4.69) is 68.2 Å². The molecule has 1 aromatic rings. The number of allylic oxidation sites excluding steroid dienone is 4. The molecule has 3 atom stereocenters. The molecule has 1 heteroatoms. The van der Waals surface area contributed by atoms with E-state index in [-0.39, 0.29) is 0 Å². The van der Waals surface area contributed by atoms with Crippen LogP contribution in [-0.2, 0) is 0 Å². The molecule has 0 radical (unpaired) electrons. The van der Waals surface area contributed by atoms with Gasteiger partial charge in [0.15, 0.2) is 0 Å². The minimum Gasteiger partial charge on any atom is -0.313 e. The molecule has 0 amide bonds. The first-order valence-electron chi connectivity index (χ1n) is 8.43. The van der Waals surface area contributed by atoms with E-state index in [9.17, 15) is 0 Å². The minimum atomic E-state index is 0.467. The predicted molar refractivity (Wildman–Crippen MR) is 95.6 cm³/mol. The van der Waals surface area contributed by atoms with Gasteiger partial charge in [-0.15, -0.1) is 0 Å². The van der Waals surface area contributed by atoms with Crippen molar-refractivity contribution in [1.82, 2.24) is 5.32 Å². The molecule has 2 bridgehead atoms. The molecular weight excluding hydrogens is 266 g/mol. The van der Waals surface area contributed by atoms with Crippen LogP contribution in [0.1, 0.15) is 38.7 Å². The summed E-state index contributed by atoms with van der Waals surface area (Å²) < 4.78 is 0. The van der Waals surface area contributed by atoms with Gasteiger partial charge in [0.25, 0.3) is 0 Å². The van der Waals surface area contributed by atoms with Crippen molar-refractivity contribution in [2.24, 2.45) is 11.3 Å². The lowest BCUT2D eigenvalue weighted by molar-refractivity contribution is 0.0741. The van der Waals surface area contributed by atoms with Crippen molar-refractivity contribution in [1.29, 1.82) is 0 Å². The van der Waals surface area contributed by atoms with E-state index in [0.717, 1.165) is 5.92 Å². The summed E-state index contributed by atoms with van der Waals surface area (Å²) in [6, 6.07) is 11.2. The van der Waals surface area contributed by atoms with Crippen LogP contribution >= 0.6 is 0 Å². The molecule has 3 rings (SSSR count). The molecule has 1 saturated heterocycles. The second kappa shape index (κ2) is 6.26. The fourth-order valence-corrected chi connectivity index (χ4v) is 4.05. The normalized spacial score (nSPS) is 33.7. The Balaban J connectivity index is 1.83. The topological polar surface area (TPSA) is 12.0 Å². The lowest BCUT2D eigenvalue weighted by atomic mass is 9.61. The molecule has 1 nitrogen and oxygen atoms in total. The Morgan fingerprint density at radius 3 is 2.77 bits per heavy atom. The van der Waals surface area contributed by atoms with Crippen LogP contribution in [0.2, 0.25) is 0 Å². The van der Waals surface area contributed by atoms with Gasteiger partial charge >= 0.3 is 0 Å². The molecule has 0 unspecified atom stereocenters. The Morgan fingerprint density at radius 2 is 2.09 bits per heavy atom. The van der Waals surface area contributed by atoms with Gasteiger partial charge in [-0.1, -0.05) is 74.6 Å². The Labute approximate surface area is 134 Å². The molecule has 0 aromatic heterocycles. The SMILES string of the molecule is C=C/C(=C\C=C1\C[C@H]2NCC[C@@](C)(C1)[C@@H]2C)c1ccccc1. The third kappa shape index (κ3) is 2.96. The number of benzene rings is 1. The van der Waals surface area contributed by atoms with Crippen LogP contribution in [-0.4, -0.2) is 12.6 Å². The van der Waals surface area contributed by atoms with Gasteiger partial charge in [-0.25, -0.2) is 0 Å². The molecular formula is C21H27N. The number of hydrogen-bond acceptors (Lipinski definition) is 1. The Kier molecular flexibility index (Phi) is 4.35. The molecule has 116 valence electrons. The van der Waals surface area contributed by atoms with Crippen molar-refractivity contribution in [2.45, 2.75) is 39.2 Å². The number of hydrogen-bond donors (Lipinski definition) is 1. The van der Waals surface area contributed by atoms with E-state index in [1.807, 2.05) is 6.08 Å². The van der Waals surface area contributed by atoms with Crippen molar-refractivity contribution in [3.8, 4) is 0 Å². The molecule has 22 heavy (non-hydrogen) atoms. The van der Waals surface area contributed by atoms with Gasteiger partial charge < -0.3 is 5.32 Å². The van der Waals surface area contributed by atoms with Gasteiger partial charge in [0.2, 0.25) is 0 Å². The summed E-state index contributed by atoms with van der Waals surface area (Å²) in [5.41, 5.74) is 4.49. The molecule has 0 spiro atoms. The van der Waals surface area contributed by atoms with Crippen LogP contribution in [0, 0.1) is 11.3 Å². The minimum absolute atomic E-state index is 0.467. The van der Waals surface area contributed by atoms with Crippen molar-refractivity contribution in [3.63, 3.8) is 0 Å². The Bertz CT molecular complexity index is 596. The van der Waals surface area contributed by atoms with Crippen LogP contribution in [0.3, 0.4) is 0 Å². The molecule has 1 N–H and O–H groups in total. The van der Waals surface area contributed by atoms with E-state index in [1.54, 1.807) is 5.57 Å². The number of rotatable bonds is 3. The van der Waals surface area contributed by atoms with Gasteiger partial charge in [0, 0.05) is 6.04 Å². The number of nitrogens with one attached hydrogen (secondary N) is 1. The van der Waals surface area contributed by atoms with E-state index >= 15 is 0 Å². The number of piperidine rings is 1. The lowest BCUT2D eigenvalue weighted by Crippen LogP contribution is -2.53. The van der Waals surface area contributed by atoms with Crippen LogP contribution in [0.25, 0.3) is 5.57 Å². The maximum Gasteiger partial charge on any atom is 0.0135 e. The summed E-state index contributed by atoms with van der Waals surface area (Å²) in [5.74, 6) is 0.773. The van der Waals surface area contributed by atoms with Gasteiger partial charge in [-0.3, -0.25) is 0 Å². The van der Waals surface area contributed by atoms with Crippen molar-refractivity contribution in [2.75, 3.05) is 6.54 Å². The Hall–Kier alpha value is -1.60. The maximum absolute atomic E-state index is 3.97. The smallest absolute Gasteiger partial charge is 0.0135 e. The van der Waals surface area contributed by atoms with Crippen molar-refractivity contribution >= 4 is 5.57 Å². The van der Waals surface area contributed by atoms with E-state index in [1.165, 1.54) is 36.9 Å². The molecule has 1 heterocycles. The first-order chi connectivity index (χ1) is 10.6. The maximum atomic E-state index is 3.97. The summed E-state index contributed by atoms with van der Waals surface area (Å²) in [5, 5.41) is 3.71. The second-order valence-corrected chi connectivity index (χ2v) is 7.15. The van der Waals surface area contributed by atoms with Crippen LogP contribution in [0.4, 0.5) is 0 Å². The average Bonchev–Trinajstić information content (AvgIpc) is 2.51. The third-order valence-corrected chi connectivity index (χ3v) is 5.74. The summed E-state index contributed by atoms with van der Waals surface area (Å²) >= 11 is 0. The van der Waals surface area contributed by atoms with Gasteiger partial charge in [-0.2, -0.15) is 0 Å². The lowest BCUT2D eigenvalue weighted by Gasteiger charge is -2.50. The van der Waals surface area contributed by atoms with E-state index in [0.29, 0.717) is 11.5 Å². The molecule has 2 aliphatic rings. The van der Waals surface area contributed by atoms with E-state index in [4.69, 9.17) is 0 Å². The summed E-state index contributed by atoms with van der Waals surface area (Å²) in [6.45, 7) is 10.0. The fraction of sp³-hybridized carbons (Fsp3) is 0.429. The van der Waals surface area contributed by atoms with Crippen LogP contribution in [0.5, 0.6) is 0 Å². The largest absolute Gasteiger partial charge is 0.313 e. The summed E-state index contributed by atoms with van der Waals surface area (Å²) in [7, 11) is 0. The zero-order valence-electron chi connectivity index (χ0n) is 13.8. The number of fused-ring (bicyclic) bond motifs is 2. The quantitative estimate of drug-likeness (QED) is 0.775. The highest BCUT2D eigenvalue weighted by molar-refractivity contribution is 5.74. The first kappa shape index (κ1) is 15.3. The van der Waals surface area contributed by atoms with Crippen LogP contribution < -0.4 is 5.32 Å². The summed E-state index contributed by atoms with van der Waals surface area (Å²) in [6.07, 6.45) is 10.3. The Morgan fingerprint density at radius 1 is 1.32 bits per heavy atom. The zero-order valence-corrected chi connectivity index (χ0v) is 13.8. The van der Waals surface area contributed by atoms with E-state index < -0.39 is 0 Å². The van der Waals surface area contributed by atoms with Gasteiger partial charge in [0.1, 0.15) is 0 Å². The fourth-order valence-electron chi connectivity index (χ4n) is 4.05. The highest BCUT2D eigenvalue weighted by Gasteiger charge is 2.43. The molecule has 1 aromatic carbocycles. The second-order valence-electron chi connectivity index (χ2n) is 7.15. The van der Waals surface area contributed by atoms with Crippen LogP contribution in [0.15, 0.2) is 60.7 Å². The highest BCUT2D eigenvalue weighted by atomic mass is 14.9. The van der Waals surface area contributed by atoms with Gasteiger partial charge in [0.05, 0.1) is 0 Å². The van der Waals surface area contributed by atoms with Gasteiger partial charge in [-0.05, 0) is 48.3 Å². The predicted octanol–water partition coefficient (Wildman–Crippen LogP) is 4.98. The monoisotopic (exact) mass is 293 g/mol. The zero-order chi connectivity index (χ0) is 15.6. The van der Waals surface area contributed by atoms with Crippen molar-refractivity contribution in [3.05, 3.63) is 66.3 Å². The molecule has 1 aliphatic carbocycles. The van der Waals surface area contributed by atoms with Crippen molar-refractivity contribution < 1.29 is 0 Å². The third-order valence-electron chi connectivity index (χ3n) is 5.74. The molecule has 1 saturated carbocycles. The summed E-state index contributed by atoms with van der Waals surface area (Å²) in [4.78, 5) is 0. The standard InChI is InChI=1S/C21H27N/c1-4-18(19-8-6-5-7-9-19)11-10-17-14-20-16(2)21(3,15-17)12-13-22-20/h4-11,16,20,22H,1,12-15H2,2-3H3/b17-10-,18-11+/t16-,20-,21+/m1/s1. The highest BCUT2D eigenvalue weighted by Crippen LogP contribution is 2.47. The average molecular weight is 293 g/mol. The first-order valence-corrected chi connectivity index (χ1v) is 8.43.